The van der Waals surface area contributed by atoms with Crippen molar-refractivity contribution >= 4 is 23.7 Å². The summed E-state index contributed by atoms with van der Waals surface area (Å²) in [7, 11) is 3.26. The number of methoxy groups -OCH3 is 1. The lowest BCUT2D eigenvalue weighted by Gasteiger charge is -2.37. The number of allylic oxidation sites excluding steroid dienone is 1. The standard InChI is InChI=1S/C26H34N4O5/c1-6-8-19-11-22-24(27-13-19)35-23(17(2)14-30(25(22)32)18(3)16-31)15-29(4)26(33)28-20-9-7-10-21(12-20)34-5/h6-13,17-18,23,31H,14-16H2,1-5H3,(H,28,33)/b8-6+/t17-,18+,23-/m1/s1. The normalized spacial score (nSPS) is 18.8. The highest BCUT2D eigenvalue weighted by molar-refractivity contribution is 5.97. The largest absolute Gasteiger partial charge is 0.497 e. The van der Waals surface area contributed by atoms with Gasteiger partial charge in [0.1, 0.15) is 17.4 Å². The molecule has 3 atom stereocenters. The van der Waals surface area contributed by atoms with Gasteiger partial charge in [0.15, 0.2) is 0 Å². The van der Waals surface area contributed by atoms with Crippen molar-refractivity contribution in [3.05, 3.63) is 53.7 Å². The first-order valence-corrected chi connectivity index (χ1v) is 11.6. The van der Waals surface area contributed by atoms with E-state index in [1.165, 1.54) is 4.90 Å². The van der Waals surface area contributed by atoms with Crippen molar-refractivity contribution in [1.29, 1.82) is 0 Å². The number of aliphatic hydroxyl groups is 1. The molecule has 9 nitrogen and oxygen atoms in total. The highest BCUT2D eigenvalue weighted by Gasteiger charge is 2.34. The van der Waals surface area contributed by atoms with Crippen LogP contribution in [0.5, 0.6) is 11.6 Å². The van der Waals surface area contributed by atoms with Crippen molar-refractivity contribution in [1.82, 2.24) is 14.8 Å². The number of hydrogen-bond acceptors (Lipinski definition) is 6. The van der Waals surface area contributed by atoms with E-state index in [-0.39, 0.29) is 42.9 Å². The molecule has 1 aliphatic rings. The fraction of sp³-hybridized carbons (Fsp3) is 0.423. The number of pyridine rings is 1. The van der Waals surface area contributed by atoms with E-state index in [0.29, 0.717) is 23.5 Å². The van der Waals surface area contributed by atoms with Gasteiger partial charge in [0, 0.05) is 37.5 Å². The lowest BCUT2D eigenvalue weighted by atomic mass is 10.00. The fourth-order valence-corrected chi connectivity index (χ4v) is 3.89. The summed E-state index contributed by atoms with van der Waals surface area (Å²) in [5.74, 6) is 0.488. The smallest absolute Gasteiger partial charge is 0.321 e. The van der Waals surface area contributed by atoms with Crippen molar-refractivity contribution in [2.24, 2.45) is 5.92 Å². The van der Waals surface area contributed by atoms with Crippen molar-refractivity contribution in [3.63, 3.8) is 0 Å². The monoisotopic (exact) mass is 482 g/mol. The van der Waals surface area contributed by atoms with Gasteiger partial charge in [0.2, 0.25) is 5.88 Å². The number of carbonyl (C=O) groups excluding carboxylic acids is 2. The van der Waals surface area contributed by atoms with E-state index in [4.69, 9.17) is 9.47 Å². The van der Waals surface area contributed by atoms with Crippen LogP contribution in [-0.2, 0) is 0 Å². The second-order valence-electron chi connectivity index (χ2n) is 8.79. The zero-order chi connectivity index (χ0) is 25.5. The third kappa shape index (κ3) is 6.30. The first-order valence-electron chi connectivity index (χ1n) is 11.6. The molecule has 2 heterocycles. The number of carbonyl (C=O) groups is 2. The maximum atomic E-state index is 13.4. The summed E-state index contributed by atoms with van der Waals surface area (Å²) in [6, 6.07) is 8.19. The van der Waals surface area contributed by atoms with Crippen LogP contribution in [0.15, 0.2) is 42.6 Å². The highest BCUT2D eigenvalue weighted by Crippen LogP contribution is 2.28. The number of nitrogens with one attached hydrogen (secondary N) is 1. The van der Waals surface area contributed by atoms with Crippen LogP contribution in [0.2, 0.25) is 0 Å². The predicted octanol–water partition coefficient (Wildman–Crippen LogP) is 3.51. The molecular weight excluding hydrogens is 448 g/mol. The molecule has 1 aromatic heterocycles. The van der Waals surface area contributed by atoms with Gasteiger partial charge in [0.05, 0.1) is 26.3 Å². The Kier molecular flexibility index (Phi) is 8.70. The number of urea groups is 1. The van der Waals surface area contributed by atoms with Crippen LogP contribution in [0.1, 0.15) is 36.7 Å². The minimum Gasteiger partial charge on any atom is -0.497 e. The van der Waals surface area contributed by atoms with E-state index in [2.05, 4.69) is 10.3 Å². The number of benzene rings is 1. The first kappa shape index (κ1) is 26.0. The van der Waals surface area contributed by atoms with Crippen LogP contribution in [-0.4, -0.2) is 77.8 Å². The van der Waals surface area contributed by atoms with Crippen molar-refractivity contribution < 1.29 is 24.2 Å². The van der Waals surface area contributed by atoms with Crippen molar-refractivity contribution in [3.8, 4) is 11.6 Å². The summed E-state index contributed by atoms with van der Waals surface area (Å²) >= 11 is 0. The summed E-state index contributed by atoms with van der Waals surface area (Å²) in [4.78, 5) is 33.9. The molecule has 0 saturated carbocycles. The molecule has 0 aliphatic carbocycles. The molecule has 9 heteroatoms. The molecule has 2 N–H and O–H groups in total. The molecule has 3 rings (SSSR count). The molecule has 0 unspecified atom stereocenters. The van der Waals surface area contributed by atoms with Gasteiger partial charge in [-0.2, -0.15) is 0 Å². The molecule has 188 valence electrons. The first-order chi connectivity index (χ1) is 16.8. The molecule has 0 fully saturated rings. The Labute approximate surface area is 206 Å². The number of aliphatic hydroxyl groups excluding tert-OH is 1. The molecular formula is C26H34N4O5. The topological polar surface area (TPSA) is 104 Å². The number of hydrogen-bond donors (Lipinski definition) is 2. The molecule has 2 aromatic rings. The van der Waals surface area contributed by atoms with E-state index in [1.54, 1.807) is 62.5 Å². The predicted molar refractivity (Wildman–Crippen MR) is 135 cm³/mol. The lowest BCUT2D eigenvalue weighted by Crippen LogP contribution is -2.50. The van der Waals surface area contributed by atoms with E-state index in [9.17, 15) is 14.7 Å². The van der Waals surface area contributed by atoms with Crippen LogP contribution in [0.3, 0.4) is 0 Å². The zero-order valence-corrected chi connectivity index (χ0v) is 20.9. The highest BCUT2D eigenvalue weighted by atomic mass is 16.5. The van der Waals surface area contributed by atoms with Gasteiger partial charge >= 0.3 is 6.03 Å². The fourth-order valence-electron chi connectivity index (χ4n) is 3.89. The Morgan fingerprint density at radius 1 is 1.43 bits per heavy atom. The Morgan fingerprint density at radius 3 is 2.89 bits per heavy atom. The molecule has 0 bridgehead atoms. The molecule has 0 radical (unpaired) electrons. The van der Waals surface area contributed by atoms with Gasteiger partial charge in [-0.1, -0.05) is 25.1 Å². The molecule has 1 aromatic carbocycles. The Balaban J connectivity index is 1.85. The van der Waals surface area contributed by atoms with E-state index in [0.717, 1.165) is 5.56 Å². The number of amides is 3. The maximum Gasteiger partial charge on any atom is 0.321 e. The summed E-state index contributed by atoms with van der Waals surface area (Å²) in [6.45, 7) is 6.12. The average Bonchev–Trinajstić information content (AvgIpc) is 2.86. The van der Waals surface area contributed by atoms with Crippen LogP contribution in [0, 0.1) is 5.92 Å². The molecule has 0 saturated heterocycles. The van der Waals surface area contributed by atoms with Crippen LogP contribution >= 0.6 is 0 Å². The van der Waals surface area contributed by atoms with E-state index in [1.807, 2.05) is 26.0 Å². The summed E-state index contributed by atoms with van der Waals surface area (Å²) in [5, 5.41) is 12.6. The van der Waals surface area contributed by atoms with Gasteiger partial charge in [-0.05, 0) is 37.6 Å². The minimum atomic E-state index is -0.434. The van der Waals surface area contributed by atoms with Crippen LogP contribution in [0.25, 0.3) is 6.08 Å². The maximum absolute atomic E-state index is 13.4. The second kappa shape index (κ2) is 11.7. The number of likely N-dealkylation sites (N-methyl/N-ethyl adjacent to an activating group) is 1. The van der Waals surface area contributed by atoms with E-state index < -0.39 is 6.10 Å². The van der Waals surface area contributed by atoms with Gasteiger partial charge in [-0.25, -0.2) is 9.78 Å². The SMILES string of the molecule is C/C=C/c1cnc2c(c1)C(=O)N([C@@H](C)CO)C[C@@H](C)[C@@H](CN(C)C(=O)Nc1cccc(OC)c1)O2. The third-order valence-electron chi connectivity index (χ3n) is 6.02. The zero-order valence-electron chi connectivity index (χ0n) is 20.9. The van der Waals surface area contributed by atoms with Crippen molar-refractivity contribution in [2.75, 3.05) is 39.2 Å². The van der Waals surface area contributed by atoms with Crippen molar-refractivity contribution in [2.45, 2.75) is 32.9 Å². The minimum absolute atomic E-state index is 0.134. The molecule has 0 spiro atoms. The van der Waals surface area contributed by atoms with Crippen LogP contribution < -0.4 is 14.8 Å². The van der Waals surface area contributed by atoms with Crippen LogP contribution in [0.4, 0.5) is 10.5 Å². The number of fused-ring (bicyclic) bond motifs is 1. The average molecular weight is 483 g/mol. The van der Waals surface area contributed by atoms with Gasteiger partial charge < -0.3 is 29.7 Å². The van der Waals surface area contributed by atoms with E-state index >= 15 is 0 Å². The lowest BCUT2D eigenvalue weighted by molar-refractivity contribution is 0.0356. The number of anilines is 1. The van der Waals surface area contributed by atoms with Gasteiger partial charge in [0.25, 0.3) is 5.91 Å². The number of nitrogens with zero attached hydrogens (tertiary/aromatic N) is 3. The Hall–Kier alpha value is -3.59. The quantitative estimate of drug-likeness (QED) is 0.626. The number of rotatable bonds is 7. The van der Waals surface area contributed by atoms with Gasteiger partial charge in [-0.15, -0.1) is 0 Å². The summed E-state index contributed by atoms with van der Waals surface area (Å²) in [5.41, 5.74) is 1.73. The number of aromatic nitrogens is 1. The molecule has 35 heavy (non-hydrogen) atoms. The molecule has 3 amide bonds. The summed E-state index contributed by atoms with van der Waals surface area (Å²) < 4.78 is 11.5. The number of ether oxygens (including phenoxy) is 2. The third-order valence-corrected chi connectivity index (χ3v) is 6.02. The Morgan fingerprint density at radius 2 is 2.20 bits per heavy atom. The summed E-state index contributed by atoms with van der Waals surface area (Å²) in [6.07, 6.45) is 4.94. The second-order valence-corrected chi connectivity index (χ2v) is 8.79. The molecule has 1 aliphatic heterocycles. The van der Waals surface area contributed by atoms with Gasteiger partial charge in [-0.3, -0.25) is 4.79 Å². The Bertz CT molecular complexity index is 1070.